The fraction of sp³-hybridized carbons (Fsp3) is 0.429. The Bertz CT molecular complexity index is 371. The molecule has 1 aromatic rings. The molecule has 1 atom stereocenters. The average Bonchev–Trinajstić information content (AvgIpc) is 2.47. The van der Waals surface area contributed by atoms with Crippen LogP contribution in [-0.4, -0.2) is 22.3 Å². The molecular formula is C7H6F3N3O. The predicted molar refractivity (Wildman–Crippen MR) is 40.6 cm³/mol. The highest BCUT2D eigenvalue weighted by Gasteiger charge is 2.45. The van der Waals surface area contributed by atoms with Gasteiger partial charge in [-0.15, -0.1) is 0 Å². The second-order valence-electron chi connectivity index (χ2n) is 3.05. The highest BCUT2D eigenvalue weighted by atomic mass is 19.4. The monoisotopic (exact) mass is 205 g/mol. The van der Waals surface area contributed by atoms with Crippen LogP contribution in [0.2, 0.25) is 0 Å². The van der Waals surface area contributed by atoms with E-state index in [9.17, 15) is 18.0 Å². The van der Waals surface area contributed by atoms with Crippen LogP contribution < -0.4 is 5.32 Å². The van der Waals surface area contributed by atoms with Crippen molar-refractivity contribution in [3.8, 4) is 0 Å². The Morgan fingerprint density at radius 3 is 2.86 bits per heavy atom. The number of amides is 1. The standard InChI is InChI=1S/C7H6F3N3O/c8-7(9,10)4-1-5(14)12-6-3(4)2-11-13-6/h2,4H,1H2,(H2,11,12,13,14). The fourth-order valence-corrected chi connectivity index (χ4v) is 1.44. The Balaban J connectivity index is 2.42. The quantitative estimate of drug-likeness (QED) is 0.672. The van der Waals surface area contributed by atoms with Crippen LogP contribution in [0.1, 0.15) is 17.9 Å². The van der Waals surface area contributed by atoms with Gasteiger partial charge in [-0.3, -0.25) is 9.89 Å². The van der Waals surface area contributed by atoms with Crippen molar-refractivity contribution in [2.24, 2.45) is 0 Å². The van der Waals surface area contributed by atoms with Gasteiger partial charge in [-0.25, -0.2) is 0 Å². The number of carbonyl (C=O) groups excluding carboxylic acids is 1. The molecule has 1 unspecified atom stereocenters. The molecule has 0 aromatic carbocycles. The van der Waals surface area contributed by atoms with Crippen molar-refractivity contribution in [2.45, 2.75) is 18.5 Å². The number of hydrogen-bond donors (Lipinski definition) is 2. The van der Waals surface area contributed by atoms with Gasteiger partial charge >= 0.3 is 6.18 Å². The van der Waals surface area contributed by atoms with Crippen molar-refractivity contribution < 1.29 is 18.0 Å². The van der Waals surface area contributed by atoms with Gasteiger partial charge in [-0.1, -0.05) is 0 Å². The van der Waals surface area contributed by atoms with Gasteiger partial charge in [-0.05, 0) is 0 Å². The summed E-state index contributed by atoms with van der Waals surface area (Å²) in [7, 11) is 0. The van der Waals surface area contributed by atoms with Crippen molar-refractivity contribution in [3.05, 3.63) is 11.8 Å². The molecule has 0 saturated carbocycles. The molecule has 1 aliphatic heterocycles. The number of aromatic nitrogens is 2. The average molecular weight is 205 g/mol. The summed E-state index contributed by atoms with van der Waals surface area (Å²) in [6.07, 6.45) is -3.89. The molecule has 1 amide bonds. The molecule has 14 heavy (non-hydrogen) atoms. The SMILES string of the molecule is O=C1CC(C(F)(F)F)c2cn[nH]c2N1. The first-order chi connectivity index (χ1) is 6.48. The van der Waals surface area contributed by atoms with Crippen LogP contribution in [0.5, 0.6) is 0 Å². The first kappa shape index (κ1) is 9.04. The number of fused-ring (bicyclic) bond motifs is 1. The van der Waals surface area contributed by atoms with Crippen molar-refractivity contribution in [2.75, 3.05) is 5.32 Å². The van der Waals surface area contributed by atoms with Gasteiger partial charge in [0.05, 0.1) is 12.1 Å². The molecular weight excluding hydrogens is 199 g/mol. The lowest BCUT2D eigenvalue weighted by atomic mass is 9.94. The van der Waals surface area contributed by atoms with Gasteiger partial charge in [0.15, 0.2) is 0 Å². The van der Waals surface area contributed by atoms with Crippen LogP contribution in [0.15, 0.2) is 6.20 Å². The molecule has 4 nitrogen and oxygen atoms in total. The lowest BCUT2D eigenvalue weighted by Gasteiger charge is -2.23. The zero-order valence-electron chi connectivity index (χ0n) is 6.85. The van der Waals surface area contributed by atoms with Gasteiger partial charge in [0.25, 0.3) is 0 Å². The first-order valence-corrected chi connectivity index (χ1v) is 3.88. The van der Waals surface area contributed by atoms with E-state index in [1.54, 1.807) is 0 Å². The Labute approximate surface area is 76.5 Å². The van der Waals surface area contributed by atoms with E-state index in [0.29, 0.717) is 0 Å². The predicted octanol–water partition coefficient (Wildman–Crippen LogP) is 1.40. The third kappa shape index (κ3) is 1.34. The molecule has 0 radical (unpaired) electrons. The van der Waals surface area contributed by atoms with E-state index in [1.807, 2.05) is 0 Å². The molecule has 0 fully saturated rings. The lowest BCUT2D eigenvalue weighted by molar-refractivity contribution is -0.156. The normalized spacial score (nSPS) is 21.6. The summed E-state index contributed by atoms with van der Waals surface area (Å²) in [5, 5.41) is 8.06. The summed E-state index contributed by atoms with van der Waals surface area (Å²) in [5.41, 5.74) is -0.00269. The summed E-state index contributed by atoms with van der Waals surface area (Å²) in [5.74, 6) is -2.35. The van der Waals surface area contributed by atoms with Crippen LogP contribution in [0.25, 0.3) is 0 Å². The van der Waals surface area contributed by atoms with Crippen LogP contribution in [0.4, 0.5) is 19.0 Å². The zero-order valence-corrected chi connectivity index (χ0v) is 6.85. The molecule has 1 aliphatic rings. The Hall–Kier alpha value is -1.53. The Morgan fingerprint density at radius 2 is 2.21 bits per heavy atom. The van der Waals surface area contributed by atoms with E-state index in [2.05, 4.69) is 15.5 Å². The molecule has 2 N–H and O–H groups in total. The summed E-state index contributed by atoms with van der Waals surface area (Å²) >= 11 is 0. The topological polar surface area (TPSA) is 57.8 Å². The van der Waals surface area contributed by atoms with Gasteiger partial charge in [-0.2, -0.15) is 18.3 Å². The minimum Gasteiger partial charge on any atom is -0.311 e. The van der Waals surface area contributed by atoms with E-state index in [-0.39, 0.29) is 11.4 Å². The van der Waals surface area contributed by atoms with Gasteiger partial charge in [0.2, 0.25) is 5.91 Å². The van der Waals surface area contributed by atoms with Gasteiger partial charge in [0, 0.05) is 12.0 Å². The number of hydrogen-bond acceptors (Lipinski definition) is 2. The number of aromatic amines is 1. The van der Waals surface area contributed by atoms with Crippen molar-refractivity contribution in [3.63, 3.8) is 0 Å². The van der Waals surface area contributed by atoms with E-state index in [0.717, 1.165) is 6.20 Å². The summed E-state index contributed by atoms with van der Waals surface area (Å²) in [6, 6.07) is 0. The molecule has 7 heteroatoms. The highest BCUT2D eigenvalue weighted by molar-refractivity contribution is 5.93. The molecule has 0 saturated heterocycles. The molecule has 0 bridgehead atoms. The van der Waals surface area contributed by atoms with Gasteiger partial charge < -0.3 is 5.32 Å². The second-order valence-corrected chi connectivity index (χ2v) is 3.05. The van der Waals surface area contributed by atoms with E-state index in [4.69, 9.17) is 0 Å². The summed E-state index contributed by atoms with van der Waals surface area (Å²) in [4.78, 5) is 10.9. The Morgan fingerprint density at radius 1 is 1.50 bits per heavy atom. The van der Waals surface area contributed by atoms with Crippen molar-refractivity contribution in [1.29, 1.82) is 0 Å². The number of nitrogens with one attached hydrogen (secondary N) is 2. The minimum absolute atomic E-state index is 0.00269. The maximum absolute atomic E-state index is 12.4. The maximum Gasteiger partial charge on any atom is 0.396 e. The maximum atomic E-state index is 12.4. The Kier molecular flexibility index (Phi) is 1.76. The van der Waals surface area contributed by atoms with Crippen LogP contribution in [-0.2, 0) is 4.79 Å². The van der Waals surface area contributed by atoms with Crippen LogP contribution >= 0.6 is 0 Å². The molecule has 1 aromatic heterocycles. The van der Waals surface area contributed by atoms with Crippen LogP contribution in [0, 0.1) is 0 Å². The number of rotatable bonds is 0. The number of carbonyl (C=O) groups is 1. The molecule has 0 aliphatic carbocycles. The van der Waals surface area contributed by atoms with E-state index in [1.165, 1.54) is 0 Å². The summed E-state index contributed by atoms with van der Waals surface area (Å²) in [6.45, 7) is 0. The fourth-order valence-electron chi connectivity index (χ4n) is 1.44. The van der Waals surface area contributed by atoms with E-state index >= 15 is 0 Å². The third-order valence-corrected chi connectivity index (χ3v) is 2.09. The number of anilines is 1. The molecule has 2 rings (SSSR count). The molecule has 2 heterocycles. The third-order valence-electron chi connectivity index (χ3n) is 2.09. The summed E-state index contributed by atoms with van der Waals surface area (Å²) < 4.78 is 37.3. The van der Waals surface area contributed by atoms with Gasteiger partial charge in [0.1, 0.15) is 5.82 Å². The zero-order chi connectivity index (χ0) is 10.3. The molecule has 0 spiro atoms. The number of alkyl halides is 3. The number of halogens is 3. The van der Waals surface area contributed by atoms with E-state index < -0.39 is 24.4 Å². The minimum atomic E-state index is -4.41. The molecule has 76 valence electrons. The lowest BCUT2D eigenvalue weighted by Crippen LogP contribution is -2.31. The van der Waals surface area contributed by atoms with Crippen molar-refractivity contribution in [1.82, 2.24) is 10.2 Å². The number of H-pyrrole nitrogens is 1. The second kappa shape index (κ2) is 2.73. The van der Waals surface area contributed by atoms with Crippen LogP contribution in [0.3, 0.4) is 0 Å². The smallest absolute Gasteiger partial charge is 0.311 e. The first-order valence-electron chi connectivity index (χ1n) is 3.88. The largest absolute Gasteiger partial charge is 0.396 e. The highest BCUT2D eigenvalue weighted by Crippen LogP contribution is 2.42. The number of nitrogens with zero attached hydrogens (tertiary/aromatic N) is 1. The van der Waals surface area contributed by atoms with Crippen molar-refractivity contribution >= 4 is 11.7 Å².